The highest BCUT2D eigenvalue weighted by Gasteiger charge is 2.47. The predicted octanol–water partition coefficient (Wildman–Crippen LogP) is -0.601. The molecule has 0 N–H and O–H groups in total. The quantitative estimate of drug-likeness (QED) is 0.673. The van der Waals surface area contributed by atoms with Gasteiger partial charge in [-0.05, 0) is 17.7 Å². The van der Waals surface area contributed by atoms with Gasteiger partial charge in [-0.25, -0.2) is 13.2 Å². The van der Waals surface area contributed by atoms with Crippen molar-refractivity contribution in [3.63, 3.8) is 0 Å². The molecule has 0 bridgehead atoms. The summed E-state index contributed by atoms with van der Waals surface area (Å²) in [6, 6.07) is 5.56. The van der Waals surface area contributed by atoms with Crippen LogP contribution in [0.2, 0.25) is 0 Å². The largest absolute Gasteiger partial charge is 0.465 e. The number of hydrogen-bond acceptors (Lipinski definition) is 6. The van der Waals surface area contributed by atoms with Gasteiger partial charge in [-0.15, -0.1) is 0 Å². The van der Waals surface area contributed by atoms with Crippen molar-refractivity contribution in [1.29, 1.82) is 0 Å². The van der Waals surface area contributed by atoms with Crippen LogP contribution in [-0.2, 0) is 30.7 Å². The van der Waals surface area contributed by atoms with Gasteiger partial charge in [0.05, 0.1) is 18.4 Å². The zero-order valence-electron chi connectivity index (χ0n) is 13.0. The van der Waals surface area contributed by atoms with Gasteiger partial charge in [0.2, 0.25) is 11.8 Å². The van der Waals surface area contributed by atoms with Gasteiger partial charge in [0.15, 0.2) is 9.84 Å². The molecule has 1 aromatic rings. The van der Waals surface area contributed by atoms with Crippen molar-refractivity contribution in [2.45, 2.75) is 12.6 Å². The van der Waals surface area contributed by atoms with Crippen molar-refractivity contribution in [1.82, 2.24) is 9.80 Å². The van der Waals surface area contributed by atoms with E-state index in [1.807, 2.05) is 0 Å². The summed E-state index contributed by atoms with van der Waals surface area (Å²) in [5.74, 6) is -1.91. The molecule has 2 heterocycles. The molecule has 0 radical (unpaired) electrons. The fourth-order valence-corrected chi connectivity index (χ4v) is 4.55. The van der Waals surface area contributed by atoms with Gasteiger partial charge in [0, 0.05) is 6.54 Å². The van der Waals surface area contributed by atoms with Crippen LogP contribution >= 0.6 is 0 Å². The lowest BCUT2D eigenvalue weighted by molar-refractivity contribution is -0.153. The van der Waals surface area contributed by atoms with Crippen LogP contribution in [0.25, 0.3) is 0 Å². The van der Waals surface area contributed by atoms with Crippen molar-refractivity contribution in [3.8, 4) is 0 Å². The van der Waals surface area contributed by atoms with E-state index in [0.29, 0.717) is 5.56 Å². The lowest BCUT2D eigenvalue weighted by Gasteiger charge is -2.35. The summed E-state index contributed by atoms with van der Waals surface area (Å²) in [5.41, 5.74) is 1.12. The number of benzene rings is 1. The van der Waals surface area contributed by atoms with Crippen LogP contribution in [0.1, 0.15) is 15.9 Å². The van der Waals surface area contributed by atoms with Crippen LogP contribution in [-0.4, -0.2) is 67.3 Å². The summed E-state index contributed by atoms with van der Waals surface area (Å²) in [7, 11) is -2.12. The number of sulfone groups is 1. The standard InChI is InChI=1S/C15H16N2O6S/c1-23-15(20)11-4-2-10(3-5-11)6-16-7-13(18)17-9-24(21,22)8-12(17)14(16)19/h2-5,12H,6-9H2,1H3. The van der Waals surface area contributed by atoms with Gasteiger partial charge >= 0.3 is 5.97 Å². The molecule has 128 valence electrons. The number of nitrogens with zero attached hydrogens (tertiary/aromatic N) is 2. The first-order valence-electron chi connectivity index (χ1n) is 7.26. The smallest absolute Gasteiger partial charge is 0.337 e. The minimum absolute atomic E-state index is 0.149. The number of amides is 2. The van der Waals surface area contributed by atoms with Crippen LogP contribution in [0.3, 0.4) is 0 Å². The molecule has 0 aromatic heterocycles. The van der Waals surface area contributed by atoms with Crippen molar-refractivity contribution in [2.24, 2.45) is 0 Å². The molecule has 0 aliphatic carbocycles. The molecule has 1 atom stereocenters. The molecule has 2 fully saturated rings. The van der Waals surface area contributed by atoms with E-state index < -0.39 is 21.8 Å². The fourth-order valence-electron chi connectivity index (χ4n) is 2.90. The van der Waals surface area contributed by atoms with Gasteiger partial charge in [0.1, 0.15) is 18.5 Å². The first-order chi connectivity index (χ1) is 11.3. The number of fused-ring (bicyclic) bond motifs is 1. The minimum atomic E-state index is -3.40. The van der Waals surface area contributed by atoms with E-state index in [1.165, 1.54) is 12.0 Å². The third kappa shape index (κ3) is 2.99. The van der Waals surface area contributed by atoms with Crippen LogP contribution in [0.4, 0.5) is 0 Å². The molecule has 2 saturated heterocycles. The van der Waals surface area contributed by atoms with Gasteiger partial charge < -0.3 is 14.5 Å². The third-order valence-corrected chi connectivity index (χ3v) is 5.61. The number of rotatable bonds is 3. The summed E-state index contributed by atoms with van der Waals surface area (Å²) in [4.78, 5) is 38.4. The summed E-state index contributed by atoms with van der Waals surface area (Å²) >= 11 is 0. The Morgan fingerprint density at radius 1 is 1.25 bits per heavy atom. The molecular weight excluding hydrogens is 336 g/mol. The average Bonchev–Trinajstić information content (AvgIpc) is 2.89. The molecule has 8 nitrogen and oxygen atoms in total. The van der Waals surface area contributed by atoms with E-state index in [4.69, 9.17) is 0 Å². The molecule has 0 spiro atoms. The van der Waals surface area contributed by atoms with Crippen molar-refractivity contribution in [3.05, 3.63) is 35.4 Å². The number of carbonyl (C=O) groups is 3. The van der Waals surface area contributed by atoms with E-state index in [2.05, 4.69) is 4.74 Å². The Morgan fingerprint density at radius 2 is 1.92 bits per heavy atom. The maximum atomic E-state index is 12.5. The number of carbonyl (C=O) groups excluding carboxylic acids is 3. The molecule has 1 aromatic carbocycles. The second-order valence-electron chi connectivity index (χ2n) is 5.80. The molecule has 1 unspecified atom stereocenters. The molecule has 0 saturated carbocycles. The van der Waals surface area contributed by atoms with Gasteiger partial charge in [-0.3, -0.25) is 9.59 Å². The second-order valence-corrected chi connectivity index (χ2v) is 7.88. The van der Waals surface area contributed by atoms with Gasteiger partial charge in [-0.2, -0.15) is 0 Å². The zero-order valence-corrected chi connectivity index (χ0v) is 13.8. The summed E-state index contributed by atoms with van der Waals surface area (Å²) in [5, 5.41) is 0. The molecular formula is C15H16N2O6S. The lowest BCUT2D eigenvalue weighted by Crippen LogP contribution is -2.57. The van der Waals surface area contributed by atoms with Crippen LogP contribution < -0.4 is 0 Å². The molecule has 3 rings (SSSR count). The van der Waals surface area contributed by atoms with Crippen LogP contribution in [0.5, 0.6) is 0 Å². The first kappa shape index (κ1) is 16.4. The zero-order chi connectivity index (χ0) is 17.5. The molecule has 2 aliphatic heterocycles. The molecule has 2 aliphatic rings. The van der Waals surface area contributed by atoms with E-state index in [0.717, 1.165) is 10.5 Å². The highest BCUT2D eigenvalue weighted by atomic mass is 32.2. The monoisotopic (exact) mass is 352 g/mol. The van der Waals surface area contributed by atoms with E-state index in [1.54, 1.807) is 24.3 Å². The van der Waals surface area contributed by atoms with E-state index >= 15 is 0 Å². The van der Waals surface area contributed by atoms with E-state index in [-0.39, 0.29) is 36.5 Å². The average molecular weight is 352 g/mol. The summed E-state index contributed by atoms with van der Waals surface area (Å²) < 4.78 is 28.0. The molecule has 24 heavy (non-hydrogen) atoms. The summed E-state index contributed by atoms with van der Waals surface area (Å²) in [6.45, 7) is 0.0278. The van der Waals surface area contributed by atoms with Crippen molar-refractivity contribution < 1.29 is 27.5 Å². The highest BCUT2D eigenvalue weighted by molar-refractivity contribution is 7.91. The normalized spacial score (nSPS) is 22.5. The predicted molar refractivity (Wildman–Crippen MR) is 82.5 cm³/mol. The van der Waals surface area contributed by atoms with Gasteiger partial charge in [-0.1, -0.05) is 12.1 Å². The van der Waals surface area contributed by atoms with Gasteiger partial charge in [0.25, 0.3) is 0 Å². The number of piperazine rings is 1. The number of methoxy groups -OCH3 is 1. The summed E-state index contributed by atoms with van der Waals surface area (Å²) in [6.07, 6.45) is 0. The Hall–Kier alpha value is -2.42. The SMILES string of the molecule is COC(=O)c1ccc(CN2CC(=O)N3CS(=O)(=O)CC3C2=O)cc1. The Morgan fingerprint density at radius 3 is 2.54 bits per heavy atom. The van der Waals surface area contributed by atoms with Crippen LogP contribution in [0, 0.1) is 0 Å². The first-order valence-corrected chi connectivity index (χ1v) is 9.09. The maximum absolute atomic E-state index is 12.5. The maximum Gasteiger partial charge on any atom is 0.337 e. The third-order valence-electron chi connectivity index (χ3n) is 4.12. The van der Waals surface area contributed by atoms with Crippen molar-refractivity contribution >= 4 is 27.6 Å². The molecule has 2 amide bonds. The second kappa shape index (κ2) is 5.90. The Labute approximate surface area is 138 Å². The number of esters is 1. The van der Waals surface area contributed by atoms with Crippen LogP contribution in [0.15, 0.2) is 24.3 Å². The number of ether oxygens (including phenoxy) is 1. The highest BCUT2D eigenvalue weighted by Crippen LogP contribution is 2.23. The lowest BCUT2D eigenvalue weighted by atomic mass is 10.1. The Kier molecular flexibility index (Phi) is 4.04. The van der Waals surface area contributed by atoms with Crippen molar-refractivity contribution in [2.75, 3.05) is 25.3 Å². The number of hydrogen-bond donors (Lipinski definition) is 0. The topological polar surface area (TPSA) is 101 Å². The minimum Gasteiger partial charge on any atom is -0.465 e. The molecule has 9 heteroatoms. The Balaban J connectivity index is 1.75. The van der Waals surface area contributed by atoms with E-state index in [9.17, 15) is 22.8 Å². The fraction of sp³-hybridized carbons (Fsp3) is 0.400. The Bertz CT molecular complexity index is 802.